The lowest BCUT2D eigenvalue weighted by Crippen LogP contribution is -2.53. The SMILES string of the molecule is COCCOc1ccc(C(=O)NC(C)(CN)C2CC2)cc1.Cl. The quantitative estimate of drug-likeness (QED) is 0.716. The maximum atomic E-state index is 12.3. The third-order valence-corrected chi connectivity index (χ3v) is 3.97. The van der Waals surface area contributed by atoms with Crippen molar-refractivity contribution >= 4 is 18.3 Å². The van der Waals surface area contributed by atoms with E-state index >= 15 is 0 Å². The molecule has 22 heavy (non-hydrogen) atoms. The highest BCUT2D eigenvalue weighted by atomic mass is 35.5. The maximum Gasteiger partial charge on any atom is 0.251 e. The second-order valence-electron chi connectivity index (χ2n) is 5.72. The number of rotatable bonds is 8. The highest BCUT2D eigenvalue weighted by Gasteiger charge is 2.41. The van der Waals surface area contributed by atoms with Gasteiger partial charge in [-0.15, -0.1) is 12.4 Å². The van der Waals surface area contributed by atoms with Gasteiger partial charge in [-0.05, 0) is 49.9 Å². The van der Waals surface area contributed by atoms with Crippen molar-refractivity contribution in [3.63, 3.8) is 0 Å². The summed E-state index contributed by atoms with van der Waals surface area (Å²) in [4.78, 5) is 12.3. The predicted molar refractivity (Wildman–Crippen MR) is 88.7 cm³/mol. The first-order valence-corrected chi connectivity index (χ1v) is 7.33. The van der Waals surface area contributed by atoms with Crippen molar-refractivity contribution in [2.45, 2.75) is 25.3 Å². The van der Waals surface area contributed by atoms with E-state index in [9.17, 15) is 4.79 Å². The zero-order valence-corrected chi connectivity index (χ0v) is 13.9. The van der Waals surface area contributed by atoms with Crippen LogP contribution in [0.1, 0.15) is 30.1 Å². The fraction of sp³-hybridized carbons (Fsp3) is 0.562. The van der Waals surface area contributed by atoms with E-state index in [0.717, 1.165) is 18.6 Å². The number of ether oxygens (including phenoxy) is 2. The fourth-order valence-corrected chi connectivity index (χ4v) is 2.32. The number of carbonyl (C=O) groups is 1. The van der Waals surface area contributed by atoms with E-state index in [1.807, 2.05) is 6.92 Å². The summed E-state index contributed by atoms with van der Waals surface area (Å²) in [6, 6.07) is 7.12. The Morgan fingerprint density at radius 2 is 1.95 bits per heavy atom. The Labute approximate surface area is 138 Å². The Balaban J connectivity index is 0.00000242. The van der Waals surface area contributed by atoms with Gasteiger partial charge in [-0.3, -0.25) is 4.79 Å². The third kappa shape index (κ3) is 4.87. The molecule has 3 N–H and O–H groups in total. The van der Waals surface area contributed by atoms with Crippen LogP contribution in [0, 0.1) is 5.92 Å². The lowest BCUT2D eigenvalue weighted by Gasteiger charge is -2.29. The lowest BCUT2D eigenvalue weighted by molar-refractivity contribution is 0.0897. The topological polar surface area (TPSA) is 73.6 Å². The van der Waals surface area contributed by atoms with Gasteiger partial charge < -0.3 is 20.5 Å². The Kier molecular flexibility index (Phi) is 7.13. The van der Waals surface area contributed by atoms with Gasteiger partial charge in [0.15, 0.2) is 0 Å². The minimum Gasteiger partial charge on any atom is -0.491 e. The second-order valence-corrected chi connectivity index (χ2v) is 5.72. The summed E-state index contributed by atoms with van der Waals surface area (Å²) < 4.78 is 10.4. The van der Waals surface area contributed by atoms with Crippen molar-refractivity contribution in [2.75, 3.05) is 26.9 Å². The van der Waals surface area contributed by atoms with Crippen molar-refractivity contribution in [3.05, 3.63) is 29.8 Å². The molecule has 6 heteroatoms. The van der Waals surface area contributed by atoms with E-state index in [0.29, 0.717) is 31.2 Å². The molecule has 0 aliphatic heterocycles. The number of amides is 1. The molecule has 1 saturated carbocycles. The molecule has 1 unspecified atom stereocenters. The smallest absolute Gasteiger partial charge is 0.251 e. The Morgan fingerprint density at radius 3 is 2.45 bits per heavy atom. The summed E-state index contributed by atoms with van der Waals surface area (Å²) in [5, 5.41) is 3.07. The molecule has 1 aromatic rings. The van der Waals surface area contributed by atoms with E-state index in [2.05, 4.69) is 5.32 Å². The highest BCUT2D eigenvalue weighted by Crippen LogP contribution is 2.39. The van der Waals surface area contributed by atoms with Crippen LogP contribution in [0.15, 0.2) is 24.3 Å². The van der Waals surface area contributed by atoms with E-state index in [1.165, 1.54) is 0 Å². The Bertz CT molecular complexity index is 477. The van der Waals surface area contributed by atoms with E-state index in [1.54, 1.807) is 31.4 Å². The van der Waals surface area contributed by atoms with Gasteiger partial charge in [-0.2, -0.15) is 0 Å². The number of hydrogen-bond acceptors (Lipinski definition) is 4. The molecule has 1 aromatic carbocycles. The number of hydrogen-bond donors (Lipinski definition) is 2. The van der Waals surface area contributed by atoms with Crippen LogP contribution < -0.4 is 15.8 Å². The summed E-state index contributed by atoms with van der Waals surface area (Å²) in [7, 11) is 1.63. The number of methoxy groups -OCH3 is 1. The van der Waals surface area contributed by atoms with Crippen LogP contribution in [-0.2, 0) is 4.74 Å². The molecule has 1 atom stereocenters. The van der Waals surface area contributed by atoms with Crippen LogP contribution in [0.3, 0.4) is 0 Å². The van der Waals surface area contributed by atoms with Crippen LogP contribution in [-0.4, -0.2) is 38.3 Å². The van der Waals surface area contributed by atoms with Crippen LogP contribution in [0.2, 0.25) is 0 Å². The average Bonchev–Trinajstić information content (AvgIpc) is 3.33. The molecular formula is C16H25ClN2O3. The van der Waals surface area contributed by atoms with Crippen LogP contribution in [0.4, 0.5) is 0 Å². The van der Waals surface area contributed by atoms with Gasteiger partial charge in [0.1, 0.15) is 12.4 Å². The van der Waals surface area contributed by atoms with Gasteiger partial charge >= 0.3 is 0 Å². The standard InChI is InChI=1S/C16H24N2O3.ClH/c1-16(11-17,13-5-6-13)18-15(19)12-3-7-14(8-4-12)21-10-9-20-2;/h3-4,7-8,13H,5-6,9-11,17H2,1-2H3,(H,18,19);1H. The first-order chi connectivity index (χ1) is 10.1. The van der Waals surface area contributed by atoms with Crippen molar-refractivity contribution in [1.82, 2.24) is 5.32 Å². The normalized spacial score (nSPS) is 16.3. The number of carbonyl (C=O) groups excluding carboxylic acids is 1. The number of nitrogens with two attached hydrogens (primary N) is 1. The molecule has 0 saturated heterocycles. The molecule has 5 nitrogen and oxygen atoms in total. The van der Waals surface area contributed by atoms with Gasteiger partial charge in [0, 0.05) is 19.2 Å². The molecule has 0 bridgehead atoms. The molecule has 0 spiro atoms. The first-order valence-electron chi connectivity index (χ1n) is 7.33. The van der Waals surface area contributed by atoms with Crippen LogP contribution in [0.5, 0.6) is 5.75 Å². The van der Waals surface area contributed by atoms with Crippen molar-refractivity contribution in [3.8, 4) is 5.75 Å². The number of halogens is 1. The molecule has 1 aliphatic carbocycles. The monoisotopic (exact) mass is 328 g/mol. The van der Waals surface area contributed by atoms with Crippen LogP contribution >= 0.6 is 12.4 Å². The van der Waals surface area contributed by atoms with Gasteiger partial charge in [0.05, 0.1) is 12.1 Å². The average molecular weight is 329 g/mol. The van der Waals surface area contributed by atoms with Gasteiger partial charge in [-0.25, -0.2) is 0 Å². The molecule has 1 aliphatic rings. The van der Waals surface area contributed by atoms with E-state index in [-0.39, 0.29) is 23.9 Å². The molecule has 0 radical (unpaired) electrons. The minimum absolute atomic E-state index is 0. The largest absolute Gasteiger partial charge is 0.491 e. The summed E-state index contributed by atoms with van der Waals surface area (Å²) in [5.41, 5.74) is 6.14. The molecule has 124 valence electrons. The van der Waals surface area contributed by atoms with E-state index < -0.39 is 0 Å². The highest BCUT2D eigenvalue weighted by molar-refractivity contribution is 5.94. The molecule has 0 aromatic heterocycles. The summed E-state index contributed by atoms with van der Waals surface area (Å²) >= 11 is 0. The Hall–Kier alpha value is -1.30. The van der Waals surface area contributed by atoms with Gasteiger partial charge in [0.25, 0.3) is 5.91 Å². The summed E-state index contributed by atoms with van der Waals surface area (Å²) in [6.45, 7) is 3.51. The zero-order valence-electron chi connectivity index (χ0n) is 13.1. The minimum atomic E-state index is -0.301. The van der Waals surface area contributed by atoms with Crippen molar-refractivity contribution in [2.24, 2.45) is 11.7 Å². The van der Waals surface area contributed by atoms with Crippen molar-refractivity contribution < 1.29 is 14.3 Å². The second kappa shape index (κ2) is 8.36. The molecule has 2 rings (SSSR count). The molecule has 1 fully saturated rings. The fourth-order valence-electron chi connectivity index (χ4n) is 2.32. The summed E-state index contributed by atoms with van der Waals surface area (Å²) in [5.74, 6) is 1.15. The Morgan fingerprint density at radius 1 is 1.32 bits per heavy atom. The predicted octanol–water partition coefficient (Wildman–Crippen LogP) is 1.99. The number of nitrogens with one attached hydrogen (secondary N) is 1. The number of benzene rings is 1. The van der Waals surface area contributed by atoms with Gasteiger partial charge in [0.2, 0.25) is 0 Å². The first kappa shape index (κ1) is 18.7. The molecule has 1 amide bonds. The molecule has 0 heterocycles. The zero-order chi connectivity index (χ0) is 15.3. The van der Waals surface area contributed by atoms with Crippen LogP contribution in [0.25, 0.3) is 0 Å². The lowest BCUT2D eigenvalue weighted by atomic mass is 9.95. The van der Waals surface area contributed by atoms with E-state index in [4.69, 9.17) is 15.2 Å². The van der Waals surface area contributed by atoms with Gasteiger partial charge in [-0.1, -0.05) is 0 Å². The maximum absolute atomic E-state index is 12.3. The molecular weight excluding hydrogens is 304 g/mol. The summed E-state index contributed by atoms with van der Waals surface area (Å²) in [6.07, 6.45) is 2.28. The third-order valence-electron chi connectivity index (χ3n) is 3.97. The van der Waals surface area contributed by atoms with Crippen molar-refractivity contribution in [1.29, 1.82) is 0 Å².